The molecule has 4 atom stereocenters. The van der Waals surface area contributed by atoms with Crippen molar-refractivity contribution < 1.29 is 52.6 Å². The summed E-state index contributed by atoms with van der Waals surface area (Å²) in [6.07, 6.45) is 25.6. The van der Waals surface area contributed by atoms with Crippen LogP contribution in [0.25, 0.3) is 0 Å². The molecule has 51 heavy (non-hydrogen) atoms. The van der Waals surface area contributed by atoms with Crippen molar-refractivity contribution in [1.29, 1.82) is 0 Å². The van der Waals surface area contributed by atoms with E-state index < -0.39 is 51.8 Å². The molecule has 3 N–H and O–H groups in total. The summed E-state index contributed by atoms with van der Waals surface area (Å²) >= 11 is 0. The van der Waals surface area contributed by atoms with Gasteiger partial charge >= 0.3 is 19.8 Å². The van der Waals surface area contributed by atoms with Gasteiger partial charge in [-0.3, -0.25) is 23.4 Å². The third-order valence-electron chi connectivity index (χ3n) is 8.63. The molecule has 0 aromatic rings. The maximum Gasteiger partial charge on any atom is 0.472 e. The van der Waals surface area contributed by atoms with Gasteiger partial charge in [0, 0.05) is 19.3 Å². The highest BCUT2D eigenvalue weighted by Gasteiger charge is 2.27. The Balaban J connectivity index is 4.42. The Bertz CT molecular complexity index is 984. The average molecular weight is 747 g/mol. The smallest absolute Gasteiger partial charge is 0.462 e. The van der Waals surface area contributed by atoms with E-state index in [2.05, 4.69) is 31.4 Å². The normalized spacial score (nSPS) is 14.8. The number of aliphatic hydroxyl groups excluding tert-OH is 2. The number of hydrogen-bond acceptors (Lipinski definition) is 10. The molecule has 0 aliphatic carbocycles. The summed E-state index contributed by atoms with van der Waals surface area (Å²) in [6, 6.07) is 0. The van der Waals surface area contributed by atoms with Gasteiger partial charge in [-0.25, -0.2) is 4.57 Å². The number of rotatable bonds is 36. The molecule has 0 spiro atoms. The van der Waals surface area contributed by atoms with Crippen LogP contribution >= 0.6 is 7.82 Å². The summed E-state index contributed by atoms with van der Waals surface area (Å²) in [5.74, 6) is -0.0207. The van der Waals surface area contributed by atoms with Crippen molar-refractivity contribution in [2.75, 3.05) is 26.4 Å². The molecule has 0 aliphatic heterocycles. The van der Waals surface area contributed by atoms with E-state index in [9.17, 15) is 28.9 Å². The van der Waals surface area contributed by atoms with E-state index in [0.717, 1.165) is 76.5 Å². The van der Waals surface area contributed by atoms with E-state index in [1.54, 1.807) is 12.2 Å². The topological polar surface area (TPSA) is 166 Å². The molecule has 0 amide bonds. The second-order valence-corrected chi connectivity index (χ2v) is 15.0. The van der Waals surface area contributed by atoms with Crippen LogP contribution in [0.4, 0.5) is 0 Å². The predicted octanol–water partition coefficient (Wildman–Crippen LogP) is 8.87. The fraction of sp³-hybridized carbons (Fsp3) is 0.821. The van der Waals surface area contributed by atoms with E-state index in [1.807, 2.05) is 6.08 Å². The van der Waals surface area contributed by atoms with Gasteiger partial charge in [-0.1, -0.05) is 129 Å². The lowest BCUT2D eigenvalue weighted by atomic mass is 9.99. The third kappa shape index (κ3) is 33.7. The zero-order chi connectivity index (χ0) is 38.0. The molecule has 0 rings (SSSR count). The highest BCUT2D eigenvalue weighted by Crippen LogP contribution is 2.43. The fourth-order valence-corrected chi connectivity index (χ4v) is 5.92. The highest BCUT2D eigenvalue weighted by atomic mass is 31.2. The minimum Gasteiger partial charge on any atom is -0.462 e. The number of allylic oxidation sites excluding steroid dienone is 4. The van der Waals surface area contributed by atoms with Crippen LogP contribution in [-0.4, -0.2) is 71.5 Å². The van der Waals surface area contributed by atoms with E-state index in [-0.39, 0.29) is 25.2 Å². The number of phosphoric ester groups is 1. The van der Waals surface area contributed by atoms with Crippen molar-refractivity contribution in [1.82, 2.24) is 0 Å². The first-order valence-corrected chi connectivity index (χ1v) is 21.1. The van der Waals surface area contributed by atoms with Gasteiger partial charge in [-0.05, 0) is 44.1 Å². The van der Waals surface area contributed by atoms with Crippen LogP contribution in [0.15, 0.2) is 24.3 Å². The number of unbranched alkanes of at least 4 members (excludes halogenated alkanes) is 14. The van der Waals surface area contributed by atoms with Gasteiger partial charge in [-0.15, -0.1) is 0 Å². The van der Waals surface area contributed by atoms with Gasteiger partial charge in [-0.2, -0.15) is 0 Å². The molecule has 0 radical (unpaired) electrons. The van der Waals surface area contributed by atoms with E-state index in [1.165, 1.54) is 38.5 Å². The second kappa shape index (κ2) is 33.9. The molecule has 0 aromatic heterocycles. The summed E-state index contributed by atoms with van der Waals surface area (Å²) in [7, 11) is -4.63. The second-order valence-electron chi connectivity index (χ2n) is 13.6. The lowest BCUT2D eigenvalue weighted by Crippen LogP contribution is -2.29. The molecule has 2 unspecified atom stereocenters. The van der Waals surface area contributed by atoms with Crippen molar-refractivity contribution in [3.8, 4) is 0 Å². The van der Waals surface area contributed by atoms with Crippen LogP contribution in [0.1, 0.15) is 162 Å². The van der Waals surface area contributed by atoms with Gasteiger partial charge in [0.25, 0.3) is 0 Å². The predicted molar refractivity (Wildman–Crippen MR) is 201 cm³/mol. The van der Waals surface area contributed by atoms with E-state index in [0.29, 0.717) is 19.3 Å². The lowest BCUT2D eigenvalue weighted by molar-refractivity contribution is -0.161. The highest BCUT2D eigenvalue weighted by molar-refractivity contribution is 7.47. The van der Waals surface area contributed by atoms with Crippen LogP contribution < -0.4 is 0 Å². The number of ketones is 1. The molecule has 0 fully saturated rings. The Morgan fingerprint density at radius 2 is 1.27 bits per heavy atom. The molecule has 0 aliphatic rings. The van der Waals surface area contributed by atoms with Crippen molar-refractivity contribution in [3.63, 3.8) is 0 Å². The summed E-state index contributed by atoms with van der Waals surface area (Å²) in [5.41, 5.74) is 0. The lowest BCUT2D eigenvalue weighted by Gasteiger charge is -2.20. The van der Waals surface area contributed by atoms with Crippen molar-refractivity contribution in [2.24, 2.45) is 5.92 Å². The summed E-state index contributed by atoms with van der Waals surface area (Å²) in [5, 5.41) is 18.3. The van der Waals surface area contributed by atoms with Crippen LogP contribution in [0, 0.1) is 5.92 Å². The average Bonchev–Trinajstić information content (AvgIpc) is 3.11. The molecule has 12 heteroatoms. The summed E-state index contributed by atoms with van der Waals surface area (Å²) < 4.78 is 32.5. The van der Waals surface area contributed by atoms with Gasteiger partial charge in [0.05, 0.1) is 19.8 Å². The summed E-state index contributed by atoms with van der Waals surface area (Å²) in [4.78, 5) is 46.6. The molecule has 0 saturated heterocycles. The Morgan fingerprint density at radius 1 is 0.706 bits per heavy atom. The van der Waals surface area contributed by atoms with Gasteiger partial charge in [0.15, 0.2) is 11.9 Å². The van der Waals surface area contributed by atoms with Gasteiger partial charge in [0.1, 0.15) is 12.7 Å². The number of ether oxygens (including phenoxy) is 2. The SMILES string of the molecule is CCCCCC(=O)/C=C/C=C\CCCCCCCC(=O)OC[C@H](COP(=O)(O)OC[C@@H](O)CO)OC(=O)CCCCCCCCCCC(C)CC. The van der Waals surface area contributed by atoms with Crippen molar-refractivity contribution in [3.05, 3.63) is 24.3 Å². The number of carbonyl (C=O) groups is 3. The number of phosphoric acid groups is 1. The zero-order valence-electron chi connectivity index (χ0n) is 32.0. The number of hydrogen-bond donors (Lipinski definition) is 3. The van der Waals surface area contributed by atoms with Crippen LogP contribution in [0.3, 0.4) is 0 Å². The van der Waals surface area contributed by atoms with Crippen LogP contribution in [0.5, 0.6) is 0 Å². The van der Waals surface area contributed by atoms with Crippen LogP contribution in [-0.2, 0) is 37.5 Å². The van der Waals surface area contributed by atoms with Crippen molar-refractivity contribution in [2.45, 2.75) is 174 Å². The maximum atomic E-state index is 12.5. The molecule has 0 bridgehead atoms. The van der Waals surface area contributed by atoms with E-state index >= 15 is 0 Å². The number of carbonyl (C=O) groups excluding carboxylic acids is 3. The molecule has 0 aromatic carbocycles. The minimum absolute atomic E-state index is 0.165. The quantitative estimate of drug-likeness (QED) is 0.0184. The monoisotopic (exact) mass is 746 g/mol. The Morgan fingerprint density at radius 3 is 1.90 bits per heavy atom. The van der Waals surface area contributed by atoms with Gasteiger partial charge < -0.3 is 24.6 Å². The molecular weight excluding hydrogens is 675 g/mol. The minimum atomic E-state index is -4.63. The van der Waals surface area contributed by atoms with Gasteiger partial charge in [0.2, 0.25) is 0 Å². The number of aliphatic hydroxyl groups is 2. The van der Waals surface area contributed by atoms with E-state index in [4.69, 9.17) is 19.1 Å². The molecule has 0 saturated carbocycles. The standard InChI is InChI=1S/C39H71O11P/c1-4-6-20-26-35(41)27-22-17-13-8-7-9-14-18-23-28-38(43)47-32-37(33-49-51(45,46)48-31-36(42)30-40)50-39(44)29-24-19-15-11-10-12-16-21-25-34(3)5-2/h13,17,22,27,34,36-37,40,42H,4-12,14-16,18-21,23-26,28-33H2,1-3H3,(H,45,46)/b17-13-,27-22+/t34?,36-,37+/m0/s1. The first-order valence-electron chi connectivity index (χ1n) is 19.6. The molecule has 11 nitrogen and oxygen atoms in total. The summed E-state index contributed by atoms with van der Waals surface area (Å²) in [6.45, 7) is 4.46. The third-order valence-corrected chi connectivity index (χ3v) is 9.58. The van der Waals surface area contributed by atoms with Crippen LogP contribution in [0.2, 0.25) is 0 Å². The maximum absolute atomic E-state index is 12.5. The molecular formula is C39H71O11P. The molecule has 0 heterocycles. The largest absolute Gasteiger partial charge is 0.472 e. The zero-order valence-corrected chi connectivity index (χ0v) is 32.9. The Labute approximate surface area is 308 Å². The number of esters is 2. The Kier molecular flexibility index (Phi) is 32.7. The Hall–Kier alpha value is -1.88. The fourth-order valence-electron chi connectivity index (χ4n) is 5.13. The van der Waals surface area contributed by atoms with Crippen molar-refractivity contribution >= 4 is 25.5 Å². The first kappa shape index (κ1) is 49.1. The first-order chi connectivity index (χ1) is 24.5. The molecule has 298 valence electrons.